The van der Waals surface area contributed by atoms with Gasteiger partial charge >= 0.3 is 6.18 Å². The molecule has 0 unspecified atom stereocenters. The van der Waals surface area contributed by atoms with Gasteiger partial charge < -0.3 is 4.90 Å². The summed E-state index contributed by atoms with van der Waals surface area (Å²) in [5.41, 5.74) is 1.59. The number of ketones is 3. The van der Waals surface area contributed by atoms with E-state index in [4.69, 9.17) is 0 Å². The number of halogens is 3. The second-order valence-corrected chi connectivity index (χ2v) is 6.13. The fourth-order valence-electron chi connectivity index (χ4n) is 2.41. The maximum atomic E-state index is 12.5. The summed E-state index contributed by atoms with van der Waals surface area (Å²) in [4.78, 5) is 36.2. The quantitative estimate of drug-likeness (QED) is 0.501. The Kier molecular flexibility index (Phi) is 6.87. The molecule has 4 nitrogen and oxygen atoms in total. The van der Waals surface area contributed by atoms with E-state index in [0.29, 0.717) is 22.8 Å². The van der Waals surface area contributed by atoms with Gasteiger partial charge in [-0.25, -0.2) is 0 Å². The molecule has 2 aromatic carbocycles. The first kappa shape index (κ1) is 21.1. The number of carbonyl (C=O) groups is 3. The van der Waals surface area contributed by atoms with Crippen molar-refractivity contribution in [3.8, 4) is 0 Å². The Bertz CT molecular complexity index is 872. The lowest BCUT2D eigenvalue weighted by Crippen LogP contribution is -2.26. The van der Waals surface area contributed by atoms with Gasteiger partial charge in [0.2, 0.25) is 0 Å². The molecule has 0 radical (unpaired) electrons. The van der Waals surface area contributed by atoms with Crippen LogP contribution in [0.2, 0.25) is 0 Å². The second kappa shape index (κ2) is 9.12. The van der Waals surface area contributed by atoms with Crippen LogP contribution in [0, 0.1) is 0 Å². The minimum absolute atomic E-state index is 0.0956. The summed E-state index contributed by atoms with van der Waals surface area (Å²) >= 11 is 0. The highest BCUT2D eigenvalue weighted by Crippen LogP contribution is 2.17. The smallest absolute Gasteiger partial charge is 0.365 e. The summed E-state index contributed by atoms with van der Waals surface area (Å²) in [6.07, 6.45) is -3.60. The first-order chi connectivity index (χ1) is 13.2. The SMILES string of the molecule is CC(=O)c1ccc(CN(/C=C/C(=O)C(F)(F)F)CC(=O)c2ccccc2)cc1. The van der Waals surface area contributed by atoms with Crippen LogP contribution in [0.3, 0.4) is 0 Å². The van der Waals surface area contributed by atoms with Crippen molar-refractivity contribution in [3.63, 3.8) is 0 Å². The number of carbonyl (C=O) groups excluding carboxylic acids is 3. The van der Waals surface area contributed by atoms with Crippen molar-refractivity contribution < 1.29 is 27.6 Å². The van der Waals surface area contributed by atoms with Crippen molar-refractivity contribution in [2.24, 2.45) is 0 Å². The van der Waals surface area contributed by atoms with Crippen LogP contribution < -0.4 is 0 Å². The molecule has 2 rings (SSSR count). The first-order valence-corrected chi connectivity index (χ1v) is 8.38. The highest BCUT2D eigenvalue weighted by Gasteiger charge is 2.36. The zero-order chi connectivity index (χ0) is 20.7. The molecule has 28 heavy (non-hydrogen) atoms. The fraction of sp³-hybridized carbons (Fsp3) is 0.190. The van der Waals surface area contributed by atoms with E-state index in [1.807, 2.05) is 0 Å². The summed E-state index contributed by atoms with van der Waals surface area (Å²) in [6.45, 7) is 1.31. The van der Waals surface area contributed by atoms with Crippen LogP contribution in [0.25, 0.3) is 0 Å². The number of nitrogens with zero attached hydrogens (tertiary/aromatic N) is 1. The average molecular weight is 389 g/mol. The predicted octanol–water partition coefficient (Wildman–Crippen LogP) is 4.22. The molecule has 0 bridgehead atoms. The summed E-state index contributed by atoms with van der Waals surface area (Å²) in [6, 6.07) is 14.8. The molecule has 0 aromatic heterocycles. The Morgan fingerprint density at radius 2 is 1.54 bits per heavy atom. The number of rotatable bonds is 8. The van der Waals surface area contributed by atoms with E-state index in [0.717, 1.165) is 6.20 Å². The third-order valence-corrected chi connectivity index (χ3v) is 3.90. The van der Waals surface area contributed by atoms with Gasteiger partial charge in [-0.05, 0) is 12.5 Å². The van der Waals surface area contributed by atoms with Crippen LogP contribution in [0.4, 0.5) is 13.2 Å². The summed E-state index contributed by atoms with van der Waals surface area (Å²) in [5, 5.41) is 0. The van der Waals surface area contributed by atoms with Crippen molar-refractivity contribution in [2.45, 2.75) is 19.6 Å². The molecule has 0 saturated heterocycles. The Morgan fingerprint density at radius 3 is 2.07 bits per heavy atom. The number of benzene rings is 2. The topological polar surface area (TPSA) is 54.5 Å². The van der Waals surface area contributed by atoms with Crippen molar-refractivity contribution >= 4 is 17.3 Å². The Balaban J connectivity index is 2.19. The van der Waals surface area contributed by atoms with Gasteiger partial charge in [-0.15, -0.1) is 0 Å². The number of allylic oxidation sites excluding steroid dienone is 1. The molecule has 2 aromatic rings. The molecule has 0 atom stereocenters. The number of alkyl halides is 3. The van der Waals surface area contributed by atoms with Gasteiger partial charge in [-0.1, -0.05) is 54.6 Å². The van der Waals surface area contributed by atoms with Gasteiger partial charge in [0.1, 0.15) is 0 Å². The molecule has 0 aliphatic heterocycles. The maximum Gasteiger partial charge on any atom is 0.454 e. The van der Waals surface area contributed by atoms with Gasteiger partial charge in [0, 0.05) is 29.9 Å². The lowest BCUT2D eigenvalue weighted by molar-refractivity contribution is -0.165. The van der Waals surface area contributed by atoms with E-state index in [1.165, 1.54) is 11.8 Å². The second-order valence-electron chi connectivity index (χ2n) is 6.13. The minimum atomic E-state index is -4.98. The van der Waals surface area contributed by atoms with Crippen molar-refractivity contribution in [3.05, 3.63) is 83.6 Å². The van der Waals surface area contributed by atoms with Gasteiger partial charge in [0.15, 0.2) is 11.6 Å². The van der Waals surface area contributed by atoms with E-state index in [-0.39, 0.29) is 24.7 Å². The Morgan fingerprint density at radius 1 is 0.929 bits per heavy atom. The molecule has 146 valence electrons. The van der Waals surface area contributed by atoms with E-state index >= 15 is 0 Å². The van der Waals surface area contributed by atoms with Crippen LogP contribution in [-0.4, -0.2) is 35.0 Å². The number of hydrogen-bond acceptors (Lipinski definition) is 4. The van der Waals surface area contributed by atoms with Gasteiger partial charge in [0.25, 0.3) is 5.78 Å². The molecular weight excluding hydrogens is 371 g/mol. The average Bonchev–Trinajstić information content (AvgIpc) is 2.66. The third-order valence-electron chi connectivity index (χ3n) is 3.90. The Labute approximate surface area is 160 Å². The van der Waals surface area contributed by atoms with Crippen molar-refractivity contribution in [1.29, 1.82) is 0 Å². The summed E-state index contributed by atoms with van der Waals surface area (Å²) in [7, 11) is 0. The fourth-order valence-corrected chi connectivity index (χ4v) is 2.41. The normalized spacial score (nSPS) is 11.4. The monoisotopic (exact) mass is 389 g/mol. The van der Waals surface area contributed by atoms with Crippen LogP contribution in [0.1, 0.15) is 33.2 Å². The molecule has 0 spiro atoms. The molecule has 0 heterocycles. The van der Waals surface area contributed by atoms with Crippen LogP contribution in [0.15, 0.2) is 66.9 Å². The van der Waals surface area contributed by atoms with E-state index in [2.05, 4.69) is 0 Å². The molecule has 0 saturated carbocycles. The van der Waals surface area contributed by atoms with E-state index in [1.54, 1.807) is 54.6 Å². The van der Waals surface area contributed by atoms with Gasteiger partial charge in [0.05, 0.1) is 6.54 Å². The van der Waals surface area contributed by atoms with Crippen LogP contribution in [-0.2, 0) is 11.3 Å². The van der Waals surface area contributed by atoms with E-state index < -0.39 is 12.0 Å². The first-order valence-electron chi connectivity index (χ1n) is 8.38. The molecule has 0 aliphatic carbocycles. The molecule has 7 heteroatoms. The zero-order valence-electron chi connectivity index (χ0n) is 15.1. The van der Waals surface area contributed by atoms with Crippen molar-refractivity contribution in [1.82, 2.24) is 4.90 Å². The molecule has 0 aliphatic rings. The van der Waals surface area contributed by atoms with Crippen molar-refractivity contribution in [2.75, 3.05) is 6.54 Å². The highest BCUT2D eigenvalue weighted by molar-refractivity contribution is 5.98. The lowest BCUT2D eigenvalue weighted by atomic mass is 10.1. The van der Waals surface area contributed by atoms with Crippen LogP contribution in [0.5, 0.6) is 0 Å². The van der Waals surface area contributed by atoms with Gasteiger partial charge in [-0.2, -0.15) is 13.2 Å². The standard InChI is InChI=1S/C21H18F3NO3/c1-15(26)17-9-7-16(8-10-17)13-25(12-11-20(28)21(22,23)24)14-19(27)18-5-3-2-4-6-18/h2-12H,13-14H2,1H3/b12-11+. The minimum Gasteiger partial charge on any atom is -0.365 e. The maximum absolute atomic E-state index is 12.5. The van der Waals surface area contributed by atoms with Crippen LogP contribution >= 0.6 is 0 Å². The van der Waals surface area contributed by atoms with Gasteiger partial charge in [-0.3, -0.25) is 14.4 Å². The highest BCUT2D eigenvalue weighted by atomic mass is 19.4. The summed E-state index contributed by atoms with van der Waals surface area (Å²) < 4.78 is 37.4. The largest absolute Gasteiger partial charge is 0.454 e. The molecule has 0 N–H and O–H groups in total. The number of Topliss-reactive ketones (excluding diaryl/α,β-unsaturated/α-hetero) is 2. The molecule has 0 amide bonds. The molecule has 0 fully saturated rings. The Hall–Kier alpha value is -3.22. The molecular formula is C21H18F3NO3. The third kappa shape index (κ3) is 6.19. The number of hydrogen-bond donors (Lipinski definition) is 0. The predicted molar refractivity (Wildman–Crippen MR) is 97.8 cm³/mol. The summed E-state index contributed by atoms with van der Waals surface area (Å²) in [5.74, 6) is -2.42. The zero-order valence-corrected chi connectivity index (χ0v) is 15.1. The van der Waals surface area contributed by atoms with E-state index in [9.17, 15) is 27.6 Å². The lowest BCUT2D eigenvalue weighted by Gasteiger charge is -2.20.